The monoisotopic (exact) mass is 247 g/mol. The van der Waals surface area contributed by atoms with E-state index in [1.165, 1.54) is 19.3 Å². The van der Waals surface area contributed by atoms with Crippen LogP contribution in [0.5, 0.6) is 0 Å². The predicted molar refractivity (Wildman–Crippen MR) is 75.4 cm³/mol. The lowest BCUT2D eigenvalue weighted by Crippen LogP contribution is -2.49. The van der Waals surface area contributed by atoms with Crippen molar-refractivity contribution in [2.45, 2.75) is 51.3 Å². The van der Waals surface area contributed by atoms with Crippen LogP contribution in [0, 0.1) is 5.92 Å². The second-order valence-electron chi connectivity index (χ2n) is 5.84. The summed E-state index contributed by atoms with van der Waals surface area (Å²) in [6.07, 6.45) is 3.50. The van der Waals surface area contributed by atoms with E-state index in [2.05, 4.69) is 25.8 Å². The highest BCUT2D eigenvalue weighted by molar-refractivity contribution is 5.19. The number of nitrogens with zero attached hydrogens (tertiary/aromatic N) is 1. The van der Waals surface area contributed by atoms with E-state index in [1.807, 2.05) is 30.3 Å². The van der Waals surface area contributed by atoms with Crippen LogP contribution in [-0.2, 0) is 0 Å². The average molecular weight is 247 g/mol. The smallest absolute Gasteiger partial charge is 0.0947 e. The number of rotatable bonds is 5. The summed E-state index contributed by atoms with van der Waals surface area (Å²) in [5.74, 6) is 0.450. The molecule has 0 aromatic heterocycles. The zero-order valence-electron chi connectivity index (χ0n) is 11.7. The first-order valence-electron chi connectivity index (χ1n) is 7.06. The van der Waals surface area contributed by atoms with Crippen LogP contribution in [0.3, 0.4) is 0 Å². The molecule has 1 aliphatic carbocycles. The molecule has 0 spiro atoms. The van der Waals surface area contributed by atoms with Crippen LogP contribution >= 0.6 is 0 Å². The Morgan fingerprint density at radius 2 is 1.78 bits per heavy atom. The highest BCUT2D eigenvalue weighted by atomic mass is 16.3. The van der Waals surface area contributed by atoms with Gasteiger partial charge in [0, 0.05) is 12.1 Å². The van der Waals surface area contributed by atoms with Gasteiger partial charge in [-0.2, -0.15) is 0 Å². The van der Waals surface area contributed by atoms with Crippen LogP contribution in [0.25, 0.3) is 0 Å². The van der Waals surface area contributed by atoms with Crippen molar-refractivity contribution >= 4 is 0 Å². The fraction of sp³-hybridized carbons (Fsp3) is 0.625. The summed E-state index contributed by atoms with van der Waals surface area (Å²) >= 11 is 0. The van der Waals surface area contributed by atoms with Gasteiger partial charge in [0.15, 0.2) is 0 Å². The lowest BCUT2D eigenvalue weighted by Gasteiger charge is -2.43. The van der Waals surface area contributed by atoms with Crippen molar-refractivity contribution < 1.29 is 5.11 Å². The molecule has 2 unspecified atom stereocenters. The molecule has 0 aliphatic heterocycles. The molecule has 1 saturated carbocycles. The number of hydrogen-bond donors (Lipinski definition) is 1. The van der Waals surface area contributed by atoms with Crippen molar-refractivity contribution in [1.82, 2.24) is 4.90 Å². The standard InChI is InChI=1S/C16H25NO/c1-12(2)15(17(3)14-10-7-11-14)16(18)13-8-5-4-6-9-13/h4-6,8-9,12,14-16,18H,7,10-11H2,1-3H3. The van der Waals surface area contributed by atoms with Gasteiger partial charge < -0.3 is 5.11 Å². The summed E-state index contributed by atoms with van der Waals surface area (Å²) in [6.45, 7) is 4.40. The maximum atomic E-state index is 10.6. The Balaban J connectivity index is 2.14. The van der Waals surface area contributed by atoms with E-state index in [0.29, 0.717) is 12.0 Å². The molecule has 2 atom stereocenters. The van der Waals surface area contributed by atoms with Gasteiger partial charge in [-0.05, 0) is 31.4 Å². The number of aliphatic hydroxyl groups is 1. The summed E-state index contributed by atoms with van der Waals surface area (Å²) < 4.78 is 0. The molecule has 1 N–H and O–H groups in total. The first kappa shape index (κ1) is 13.6. The van der Waals surface area contributed by atoms with Gasteiger partial charge in [-0.15, -0.1) is 0 Å². The largest absolute Gasteiger partial charge is 0.387 e. The quantitative estimate of drug-likeness (QED) is 0.863. The second kappa shape index (κ2) is 5.85. The van der Waals surface area contributed by atoms with Crippen molar-refractivity contribution in [2.24, 2.45) is 5.92 Å². The van der Waals surface area contributed by atoms with E-state index >= 15 is 0 Å². The maximum Gasteiger partial charge on any atom is 0.0947 e. The Kier molecular flexibility index (Phi) is 4.41. The minimum absolute atomic E-state index is 0.206. The van der Waals surface area contributed by atoms with Crippen molar-refractivity contribution in [3.63, 3.8) is 0 Å². The molecule has 0 radical (unpaired) electrons. The van der Waals surface area contributed by atoms with Crippen molar-refractivity contribution in [3.8, 4) is 0 Å². The first-order chi connectivity index (χ1) is 8.61. The Hall–Kier alpha value is -0.860. The van der Waals surface area contributed by atoms with Gasteiger partial charge in [0.25, 0.3) is 0 Å². The van der Waals surface area contributed by atoms with Gasteiger partial charge in [0.05, 0.1) is 6.10 Å². The Morgan fingerprint density at radius 3 is 2.22 bits per heavy atom. The highest BCUT2D eigenvalue weighted by Gasteiger charge is 2.34. The van der Waals surface area contributed by atoms with E-state index in [0.717, 1.165) is 5.56 Å². The van der Waals surface area contributed by atoms with Gasteiger partial charge in [0.1, 0.15) is 0 Å². The second-order valence-corrected chi connectivity index (χ2v) is 5.84. The molecule has 100 valence electrons. The van der Waals surface area contributed by atoms with Crippen molar-refractivity contribution in [1.29, 1.82) is 0 Å². The Morgan fingerprint density at radius 1 is 1.17 bits per heavy atom. The molecule has 0 saturated heterocycles. The van der Waals surface area contributed by atoms with Gasteiger partial charge in [-0.1, -0.05) is 50.6 Å². The maximum absolute atomic E-state index is 10.6. The molecule has 0 heterocycles. The molecule has 2 heteroatoms. The Bertz CT molecular complexity index is 359. The zero-order chi connectivity index (χ0) is 13.1. The van der Waals surface area contributed by atoms with Gasteiger partial charge in [-0.3, -0.25) is 4.90 Å². The molecule has 2 rings (SSSR count). The summed E-state index contributed by atoms with van der Waals surface area (Å²) in [5.41, 5.74) is 1.03. The van der Waals surface area contributed by atoms with E-state index in [9.17, 15) is 5.11 Å². The van der Waals surface area contributed by atoms with E-state index in [1.54, 1.807) is 0 Å². The molecule has 18 heavy (non-hydrogen) atoms. The summed E-state index contributed by atoms with van der Waals surface area (Å²) in [6, 6.07) is 10.9. The molecule has 1 aromatic rings. The number of aliphatic hydroxyl groups excluding tert-OH is 1. The minimum Gasteiger partial charge on any atom is -0.387 e. The normalized spacial score (nSPS) is 19.9. The molecule has 0 amide bonds. The van der Waals surface area contributed by atoms with Crippen LogP contribution < -0.4 is 0 Å². The van der Waals surface area contributed by atoms with Crippen LogP contribution in [0.1, 0.15) is 44.8 Å². The third kappa shape index (κ3) is 2.76. The third-order valence-electron chi connectivity index (χ3n) is 4.27. The average Bonchev–Trinajstić information content (AvgIpc) is 2.27. The lowest BCUT2D eigenvalue weighted by molar-refractivity contribution is -0.00473. The SMILES string of the molecule is CC(C)C(C(O)c1ccccc1)N(C)C1CCC1. The number of benzene rings is 1. The number of hydrogen-bond acceptors (Lipinski definition) is 2. The van der Waals surface area contributed by atoms with Gasteiger partial charge in [-0.25, -0.2) is 0 Å². The molecular weight excluding hydrogens is 222 g/mol. The summed E-state index contributed by atoms with van der Waals surface area (Å²) in [4.78, 5) is 2.39. The number of likely N-dealkylation sites (N-methyl/N-ethyl adjacent to an activating group) is 1. The van der Waals surface area contributed by atoms with Crippen LogP contribution in [0.15, 0.2) is 30.3 Å². The van der Waals surface area contributed by atoms with E-state index < -0.39 is 6.10 Å². The third-order valence-corrected chi connectivity index (χ3v) is 4.27. The molecule has 0 bridgehead atoms. The van der Waals surface area contributed by atoms with E-state index in [4.69, 9.17) is 0 Å². The minimum atomic E-state index is -0.392. The summed E-state index contributed by atoms with van der Waals surface area (Å²) in [7, 11) is 2.17. The van der Waals surface area contributed by atoms with E-state index in [-0.39, 0.29) is 6.04 Å². The van der Waals surface area contributed by atoms with Crippen molar-refractivity contribution in [3.05, 3.63) is 35.9 Å². The first-order valence-corrected chi connectivity index (χ1v) is 7.06. The molecule has 1 aromatic carbocycles. The zero-order valence-corrected chi connectivity index (χ0v) is 11.7. The van der Waals surface area contributed by atoms with Crippen LogP contribution in [0.2, 0.25) is 0 Å². The highest BCUT2D eigenvalue weighted by Crippen LogP contribution is 2.32. The predicted octanol–water partition coefficient (Wildman–Crippen LogP) is 3.23. The Labute approximate surface area is 111 Å². The summed E-state index contributed by atoms with van der Waals surface area (Å²) in [5, 5.41) is 10.6. The van der Waals surface area contributed by atoms with Gasteiger partial charge >= 0.3 is 0 Å². The topological polar surface area (TPSA) is 23.5 Å². The fourth-order valence-electron chi connectivity index (χ4n) is 2.94. The van der Waals surface area contributed by atoms with Crippen LogP contribution in [0.4, 0.5) is 0 Å². The van der Waals surface area contributed by atoms with Crippen LogP contribution in [-0.4, -0.2) is 29.1 Å². The molecule has 1 aliphatic rings. The van der Waals surface area contributed by atoms with Crippen molar-refractivity contribution in [2.75, 3.05) is 7.05 Å². The molecule has 2 nitrogen and oxygen atoms in total. The van der Waals surface area contributed by atoms with Gasteiger partial charge in [0.2, 0.25) is 0 Å². The molecular formula is C16H25NO. The fourth-order valence-corrected chi connectivity index (χ4v) is 2.94. The molecule has 1 fully saturated rings. The lowest BCUT2D eigenvalue weighted by atomic mass is 9.86.